The van der Waals surface area contributed by atoms with Crippen LogP contribution in [0.15, 0.2) is 36.5 Å². The monoisotopic (exact) mass is 289 g/mol. The first-order valence-corrected chi connectivity index (χ1v) is 7.19. The van der Waals surface area contributed by atoms with E-state index in [1.807, 2.05) is 48.1 Å². The van der Waals surface area contributed by atoms with Crippen LogP contribution in [0, 0.1) is 6.92 Å². The molecule has 0 radical (unpaired) electrons. The summed E-state index contributed by atoms with van der Waals surface area (Å²) in [7, 11) is 1.60. The van der Waals surface area contributed by atoms with Crippen LogP contribution in [-0.2, 0) is 11.3 Å². The third-order valence-electron chi connectivity index (χ3n) is 3.35. The number of hydrogen-bond acceptors (Lipinski definition) is 4. The fraction of sp³-hybridized carbons (Fsp3) is 0.438. The maximum atomic E-state index is 9.57. The van der Waals surface area contributed by atoms with Crippen molar-refractivity contribution in [3.8, 4) is 5.69 Å². The van der Waals surface area contributed by atoms with Crippen molar-refractivity contribution in [2.24, 2.45) is 0 Å². The second kappa shape index (κ2) is 7.93. The maximum absolute atomic E-state index is 9.57. The highest BCUT2D eigenvalue weighted by Crippen LogP contribution is 2.11. The average molecular weight is 289 g/mol. The Morgan fingerprint density at radius 2 is 2.10 bits per heavy atom. The molecular formula is C16H23N3O2. The molecule has 5 heteroatoms. The predicted octanol–water partition coefficient (Wildman–Crippen LogP) is 1.67. The molecule has 1 aromatic heterocycles. The third kappa shape index (κ3) is 4.67. The number of aryl methyl sites for hydroxylation is 1. The summed E-state index contributed by atoms with van der Waals surface area (Å²) in [4.78, 5) is 0. The Kier molecular flexibility index (Phi) is 5.92. The number of ether oxygens (including phenoxy) is 1. The summed E-state index contributed by atoms with van der Waals surface area (Å²) in [6.45, 7) is 3.89. The summed E-state index contributed by atoms with van der Waals surface area (Å²) in [5.74, 6) is 0. The lowest BCUT2D eigenvalue weighted by Crippen LogP contribution is -2.23. The minimum absolute atomic E-state index is 0.382. The molecule has 1 aromatic carbocycles. The molecule has 0 fully saturated rings. The van der Waals surface area contributed by atoms with E-state index in [0.717, 1.165) is 24.5 Å². The van der Waals surface area contributed by atoms with Crippen molar-refractivity contribution in [2.75, 3.05) is 20.3 Å². The SMILES string of the molecule is COCC(O)CCNCc1cn(-c2ccccc2)nc1C. The van der Waals surface area contributed by atoms with Gasteiger partial charge in [0.05, 0.1) is 24.1 Å². The van der Waals surface area contributed by atoms with Gasteiger partial charge in [-0.2, -0.15) is 5.10 Å². The highest BCUT2D eigenvalue weighted by Gasteiger charge is 2.07. The van der Waals surface area contributed by atoms with Gasteiger partial charge >= 0.3 is 0 Å². The Labute approximate surface area is 125 Å². The first-order valence-electron chi connectivity index (χ1n) is 7.19. The molecule has 0 saturated carbocycles. The van der Waals surface area contributed by atoms with Crippen molar-refractivity contribution in [3.63, 3.8) is 0 Å². The van der Waals surface area contributed by atoms with E-state index >= 15 is 0 Å². The van der Waals surface area contributed by atoms with Crippen LogP contribution in [0.4, 0.5) is 0 Å². The van der Waals surface area contributed by atoms with Crippen LogP contribution in [-0.4, -0.2) is 41.3 Å². The van der Waals surface area contributed by atoms with Gasteiger partial charge in [0.15, 0.2) is 0 Å². The average Bonchev–Trinajstić information content (AvgIpc) is 2.86. The summed E-state index contributed by atoms with van der Waals surface area (Å²) < 4.78 is 6.79. The molecule has 0 amide bonds. The van der Waals surface area contributed by atoms with Crippen LogP contribution in [0.2, 0.25) is 0 Å². The van der Waals surface area contributed by atoms with Gasteiger partial charge in [0.25, 0.3) is 0 Å². The number of hydrogen-bond donors (Lipinski definition) is 2. The highest BCUT2D eigenvalue weighted by molar-refractivity contribution is 5.32. The van der Waals surface area contributed by atoms with Crippen molar-refractivity contribution in [1.29, 1.82) is 0 Å². The second-order valence-corrected chi connectivity index (χ2v) is 5.09. The number of rotatable bonds is 8. The van der Waals surface area contributed by atoms with Crippen molar-refractivity contribution < 1.29 is 9.84 Å². The maximum Gasteiger partial charge on any atom is 0.0785 e. The number of methoxy groups -OCH3 is 1. The Bertz CT molecular complexity index is 540. The van der Waals surface area contributed by atoms with Gasteiger partial charge in [0, 0.05) is 25.4 Å². The second-order valence-electron chi connectivity index (χ2n) is 5.09. The van der Waals surface area contributed by atoms with Crippen LogP contribution >= 0.6 is 0 Å². The van der Waals surface area contributed by atoms with Crippen molar-refractivity contribution in [3.05, 3.63) is 47.8 Å². The highest BCUT2D eigenvalue weighted by atomic mass is 16.5. The van der Waals surface area contributed by atoms with Gasteiger partial charge < -0.3 is 15.2 Å². The summed E-state index contributed by atoms with van der Waals surface area (Å²) in [6, 6.07) is 10.1. The molecule has 114 valence electrons. The van der Waals surface area contributed by atoms with E-state index < -0.39 is 6.10 Å². The molecule has 21 heavy (non-hydrogen) atoms. The van der Waals surface area contributed by atoms with E-state index in [4.69, 9.17) is 4.74 Å². The molecule has 1 unspecified atom stereocenters. The van der Waals surface area contributed by atoms with Crippen LogP contribution in [0.3, 0.4) is 0 Å². The topological polar surface area (TPSA) is 59.3 Å². The fourth-order valence-corrected chi connectivity index (χ4v) is 2.15. The van der Waals surface area contributed by atoms with E-state index in [9.17, 15) is 5.11 Å². The zero-order valence-electron chi connectivity index (χ0n) is 12.6. The van der Waals surface area contributed by atoms with Crippen LogP contribution in [0.1, 0.15) is 17.7 Å². The number of aromatic nitrogens is 2. The molecule has 0 bridgehead atoms. The molecule has 2 aromatic rings. The number of aliphatic hydroxyl groups excluding tert-OH is 1. The zero-order valence-corrected chi connectivity index (χ0v) is 12.6. The molecule has 2 rings (SSSR count). The molecule has 1 atom stereocenters. The van der Waals surface area contributed by atoms with Gasteiger partial charge in [-0.25, -0.2) is 4.68 Å². The van der Waals surface area contributed by atoms with Crippen molar-refractivity contribution in [1.82, 2.24) is 15.1 Å². The van der Waals surface area contributed by atoms with Crippen LogP contribution in [0.5, 0.6) is 0 Å². The molecule has 0 spiro atoms. The fourth-order valence-electron chi connectivity index (χ4n) is 2.15. The quantitative estimate of drug-likeness (QED) is 0.726. The van der Waals surface area contributed by atoms with E-state index in [0.29, 0.717) is 13.0 Å². The summed E-state index contributed by atoms with van der Waals surface area (Å²) in [5, 5.41) is 17.4. The molecule has 1 heterocycles. The Morgan fingerprint density at radius 3 is 2.81 bits per heavy atom. The van der Waals surface area contributed by atoms with E-state index in [1.165, 1.54) is 5.56 Å². The number of benzene rings is 1. The molecule has 5 nitrogen and oxygen atoms in total. The minimum atomic E-state index is -0.407. The molecular weight excluding hydrogens is 266 g/mol. The number of nitrogens with one attached hydrogen (secondary N) is 1. The smallest absolute Gasteiger partial charge is 0.0785 e. The summed E-state index contributed by atoms with van der Waals surface area (Å²) >= 11 is 0. The lowest BCUT2D eigenvalue weighted by Gasteiger charge is -2.09. The third-order valence-corrected chi connectivity index (χ3v) is 3.35. The van der Waals surface area contributed by atoms with Crippen LogP contribution in [0.25, 0.3) is 5.69 Å². The number of para-hydroxylation sites is 1. The van der Waals surface area contributed by atoms with E-state index in [1.54, 1.807) is 7.11 Å². The van der Waals surface area contributed by atoms with Gasteiger partial charge in [-0.3, -0.25) is 0 Å². The van der Waals surface area contributed by atoms with Crippen LogP contribution < -0.4 is 5.32 Å². The first kappa shape index (κ1) is 15.7. The minimum Gasteiger partial charge on any atom is -0.391 e. The lowest BCUT2D eigenvalue weighted by molar-refractivity contribution is 0.0594. The molecule has 0 aliphatic heterocycles. The van der Waals surface area contributed by atoms with Gasteiger partial charge in [0.1, 0.15) is 0 Å². The predicted molar refractivity (Wildman–Crippen MR) is 82.5 cm³/mol. The van der Waals surface area contributed by atoms with Gasteiger partial charge in [0.2, 0.25) is 0 Å². The Balaban J connectivity index is 1.86. The van der Waals surface area contributed by atoms with Gasteiger partial charge in [-0.05, 0) is 32.0 Å². The summed E-state index contributed by atoms with van der Waals surface area (Å²) in [5.41, 5.74) is 3.24. The van der Waals surface area contributed by atoms with Crippen molar-refractivity contribution in [2.45, 2.75) is 26.0 Å². The first-order chi connectivity index (χ1) is 10.2. The molecule has 0 aliphatic rings. The molecule has 2 N–H and O–H groups in total. The normalized spacial score (nSPS) is 12.5. The summed E-state index contributed by atoms with van der Waals surface area (Å²) in [6.07, 6.45) is 2.32. The van der Waals surface area contributed by atoms with E-state index in [-0.39, 0.29) is 0 Å². The van der Waals surface area contributed by atoms with Gasteiger partial charge in [-0.1, -0.05) is 18.2 Å². The molecule has 0 aliphatic carbocycles. The lowest BCUT2D eigenvalue weighted by atomic mass is 10.2. The zero-order chi connectivity index (χ0) is 15.1. The number of nitrogens with zero attached hydrogens (tertiary/aromatic N) is 2. The van der Waals surface area contributed by atoms with Gasteiger partial charge in [-0.15, -0.1) is 0 Å². The Hall–Kier alpha value is -1.69. The largest absolute Gasteiger partial charge is 0.391 e. The van der Waals surface area contributed by atoms with Crippen molar-refractivity contribution >= 4 is 0 Å². The number of aliphatic hydroxyl groups is 1. The standard InChI is InChI=1S/C16H23N3O2/c1-13-14(10-17-9-8-16(20)12-21-2)11-19(18-13)15-6-4-3-5-7-15/h3-7,11,16-17,20H,8-10,12H2,1-2H3. The van der Waals surface area contributed by atoms with E-state index in [2.05, 4.69) is 10.4 Å². The molecule has 0 saturated heterocycles. The Morgan fingerprint density at radius 1 is 1.33 bits per heavy atom.